The lowest BCUT2D eigenvalue weighted by Gasteiger charge is -2.37. The summed E-state index contributed by atoms with van der Waals surface area (Å²) in [5, 5.41) is 0. The van der Waals surface area contributed by atoms with Crippen LogP contribution < -0.4 is 5.73 Å². The van der Waals surface area contributed by atoms with E-state index < -0.39 is 11.0 Å². The van der Waals surface area contributed by atoms with Crippen LogP contribution in [-0.2, 0) is 4.79 Å². The van der Waals surface area contributed by atoms with Crippen LogP contribution in [0.1, 0.15) is 47.0 Å². The number of rotatable bonds is 4. The third-order valence-electron chi connectivity index (χ3n) is 3.48. The Labute approximate surface area is 80.9 Å². The molecule has 0 aliphatic heterocycles. The largest absolute Gasteiger partial charge is 0.325 e. The molecule has 1 saturated carbocycles. The Morgan fingerprint density at radius 2 is 1.77 bits per heavy atom. The lowest BCUT2D eigenvalue weighted by atomic mass is 9.71. The van der Waals surface area contributed by atoms with Crippen molar-refractivity contribution in [3.8, 4) is 0 Å². The predicted molar refractivity (Wildman–Crippen MR) is 54.4 cm³/mol. The van der Waals surface area contributed by atoms with Gasteiger partial charge in [0.25, 0.3) is 0 Å². The Bertz CT molecular complexity index is 209. The minimum atomic E-state index is -0.418. The molecule has 0 aromatic heterocycles. The maximum Gasteiger partial charge on any atom is 0.140 e. The second kappa shape index (κ2) is 3.09. The van der Waals surface area contributed by atoms with Crippen molar-refractivity contribution in [2.45, 2.75) is 52.5 Å². The molecule has 0 radical (unpaired) electrons. The van der Waals surface area contributed by atoms with E-state index >= 15 is 0 Å². The van der Waals surface area contributed by atoms with Crippen LogP contribution in [0.2, 0.25) is 0 Å². The molecule has 2 nitrogen and oxygen atoms in total. The van der Waals surface area contributed by atoms with Crippen LogP contribution >= 0.6 is 0 Å². The van der Waals surface area contributed by atoms with Crippen molar-refractivity contribution in [3.63, 3.8) is 0 Å². The van der Waals surface area contributed by atoms with Gasteiger partial charge in [0.1, 0.15) is 5.78 Å². The lowest BCUT2D eigenvalue weighted by Crippen LogP contribution is -2.51. The monoisotopic (exact) mass is 183 g/mol. The van der Waals surface area contributed by atoms with E-state index in [1.807, 2.05) is 27.7 Å². The van der Waals surface area contributed by atoms with Gasteiger partial charge in [-0.05, 0) is 32.6 Å². The van der Waals surface area contributed by atoms with Crippen molar-refractivity contribution in [1.82, 2.24) is 0 Å². The summed E-state index contributed by atoms with van der Waals surface area (Å²) in [4.78, 5) is 11.9. The van der Waals surface area contributed by atoms with Crippen LogP contribution in [0.15, 0.2) is 0 Å². The van der Waals surface area contributed by atoms with E-state index in [2.05, 4.69) is 0 Å². The topological polar surface area (TPSA) is 43.1 Å². The fourth-order valence-corrected chi connectivity index (χ4v) is 1.20. The third kappa shape index (κ3) is 2.31. The number of carbonyl (C=O) groups is 1. The number of hydrogen-bond acceptors (Lipinski definition) is 2. The molecule has 0 atom stereocenters. The van der Waals surface area contributed by atoms with Crippen LogP contribution in [0.25, 0.3) is 0 Å². The van der Waals surface area contributed by atoms with E-state index in [0.717, 1.165) is 6.42 Å². The van der Waals surface area contributed by atoms with Crippen LogP contribution in [0.3, 0.4) is 0 Å². The minimum Gasteiger partial charge on any atom is -0.325 e. The molecule has 0 heterocycles. The summed E-state index contributed by atoms with van der Waals surface area (Å²) in [7, 11) is 0. The Balaban J connectivity index is 2.61. The predicted octanol–water partition coefficient (Wildman–Crippen LogP) is 2.12. The summed E-state index contributed by atoms with van der Waals surface area (Å²) >= 11 is 0. The summed E-state index contributed by atoms with van der Waals surface area (Å²) < 4.78 is 0. The SMILES string of the molecule is CC(C)(N)C(C)(C)C(=O)CC1CC1. The van der Waals surface area contributed by atoms with Gasteiger partial charge in [0.2, 0.25) is 0 Å². The molecule has 2 N–H and O–H groups in total. The Hall–Kier alpha value is -0.370. The van der Waals surface area contributed by atoms with E-state index in [1.165, 1.54) is 12.8 Å². The number of carbonyl (C=O) groups excluding carboxylic acids is 1. The Morgan fingerprint density at radius 3 is 2.08 bits per heavy atom. The van der Waals surface area contributed by atoms with Crippen LogP contribution in [0.5, 0.6) is 0 Å². The van der Waals surface area contributed by atoms with Gasteiger partial charge in [-0.2, -0.15) is 0 Å². The van der Waals surface area contributed by atoms with Crippen LogP contribution in [-0.4, -0.2) is 11.3 Å². The van der Waals surface area contributed by atoms with Gasteiger partial charge in [-0.15, -0.1) is 0 Å². The van der Waals surface area contributed by atoms with Gasteiger partial charge in [0.05, 0.1) is 0 Å². The minimum absolute atomic E-state index is 0.322. The number of nitrogens with two attached hydrogens (primary N) is 1. The summed E-state index contributed by atoms with van der Waals surface area (Å²) in [6.07, 6.45) is 3.19. The van der Waals surface area contributed by atoms with Crippen molar-refractivity contribution in [2.24, 2.45) is 17.1 Å². The molecule has 0 saturated heterocycles. The van der Waals surface area contributed by atoms with Gasteiger partial charge >= 0.3 is 0 Å². The normalized spacial score (nSPS) is 18.8. The van der Waals surface area contributed by atoms with E-state index in [1.54, 1.807) is 0 Å². The second-order valence-corrected chi connectivity index (χ2v) is 5.42. The fraction of sp³-hybridized carbons (Fsp3) is 0.909. The van der Waals surface area contributed by atoms with E-state index in [-0.39, 0.29) is 0 Å². The quantitative estimate of drug-likeness (QED) is 0.725. The molecule has 0 spiro atoms. The molecule has 2 heteroatoms. The maximum atomic E-state index is 11.9. The summed E-state index contributed by atoms with van der Waals surface area (Å²) in [6, 6.07) is 0. The van der Waals surface area contributed by atoms with Crippen LogP contribution in [0.4, 0.5) is 0 Å². The van der Waals surface area contributed by atoms with Gasteiger partial charge in [-0.25, -0.2) is 0 Å². The first-order chi connectivity index (χ1) is 5.75. The molecule has 0 unspecified atom stereocenters. The molecule has 1 rings (SSSR count). The molecule has 0 bridgehead atoms. The first-order valence-corrected chi connectivity index (χ1v) is 5.07. The van der Waals surface area contributed by atoms with Crippen molar-refractivity contribution in [3.05, 3.63) is 0 Å². The highest BCUT2D eigenvalue weighted by Gasteiger charge is 2.41. The smallest absolute Gasteiger partial charge is 0.140 e. The van der Waals surface area contributed by atoms with Gasteiger partial charge in [0, 0.05) is 17.4 Å². The fourth-order valence-electron chi connectivity index (χ4n) is 1.20. The van der Waals surface area contributed by atoms with Crippen molar-refractivity contribution >= 4 is 5.78 Å². The van der Waals surface area contributed by atoms with Crippen molar-refractivity contribution < 1.29 is 4.79 Å². The highest BCUT2D eigenvalue weighted by molar-refractivity contribution is 5.85. The van der Waals surface area contributed by atoms with Crippen molar-refractivity contribution in [2.75, 3.05) is 0 Å². The zero-order chi connectivity index (χ0) is 10.3. The third-order valence-corrected chi connectivity index (χ3v) is 3.48. The molecule has 1 aliphatic carbocycles. The molecule has 0 amide bonds. The molecule has 13 heavy (non-hydrogen) atoms. The average Bonchev–Trinajstić information content (AvgIpc) is 2.68. The summed E-state index contributed by atoms with van der Waals surface area (Å²) in [5.41, 5.74) is 5.18. The first kappa shape index (κ1) is 10.7. The van der Waals surface area contributed by atoms with E-state index in [0.29, 0.717) is 11.7 Å². The molecule has 1 aliphatic rings. The number of ketones is 1. The molecule has 1 fully saturated rings. The van der Waals surface area contributed by atoms with Gasteiger partial charge < -0.3 is 5.73 Å². The zero-order valence-electron chi connectivity index (χ0n) is 9.18. The van der Waals surface area contributed by atoms with Gasteiger partial charge in [0.15, 0.2) is 0 Å². The molecule has 76 valence electrons. The second-order valence-electron chi connectivity index (χ2n) is 5.42. The summed E-state index contributed by atoms with van der Waals surface area (Å²) in [5.74, 6) is 0.983. The highest BCUT2D eigenvalue weighted by Crippen LogP contribution is 2.38. The molecule has 0 aromatic rings. The standard InChI is InChI=1S/C11H21NO/c1-10(2,11(3,4)12)9(13)7-8-5-6-8/h8H,5-7,12H2,1-4H3. The average molecular weight is 183 g/mol. The van der Waals surface area contributed by atoms with Gasteiger partial charge in [-0.3, -0.25) is 4.79 Å². The summed E-state index contributed by atoms with van der Waals surface area (Å²) in [6.45, 7) is 7.77. The number of hydrogen-bond donors (Lipinski definition) is 1. The van der Waals surface area contributed by atoms with Crippen LogP contribution in [0, 0.1) is 11.3 Å². The lowest BCUT2D eigenvalue weighted by molar-refractivity contribution is -0.130. The first-order valence-electron chi connectivity index (χ1n) is 5.07. The number of Topliss-reactive ketones (excluding diaryl/α,β-unsaturated/α-hetero) is 1. The maximum absolute atomic E-state index is 11.9. The zero-order valence-corrected chi connectivity index (χ0v) is 9.18. The molecular weight excluding hydrogens is 162 g/mol. The molecular formula is C11H21NO. The van der Waals surface area contributed by atoms with Crippen molar-refractivity contribution in [1.29, 1.82) is 0 Å². The van der Waals surface area contributed by atoms with E-state index in [9.17, 15) is 4.79 Å². The van der Waals surface area contributed by atoms with Gasteiger partial charge in [-0.1, -0.05) is 13.8 Å². The molecule has 0 aromatic carbocycles. The van der Waals surface area contributed by atoms with E-state index in [4.69, 9.17) is 5.73 Å². The highest BCUT2D eigenvalue weighted by atomic mass is 16.1. The Kier molecular flexibility index (Phi) is 2.54. The Morgan fingerprint density at radius 1 is 1.31 bits per heavy atom.